The first-order valence-electron chi connectivity index (χ1n) is 9.44. The van der Waals surface area contributed by atoms with Crippen LogP contribution in [0.5, 0.6) is 10.9 Å². The molecule has 8 heteroatoms. The largest absolute Gasteiger partial charge is 0.431 e. The highest BCUT2D eigenvalue weighted by Crippen LogP contribution is 2.32. The van der Waals surface area contributed by atoms with E-state index in [2.05, 4.69) is 27.0 Å². The Morgan fingerprint density at radius 3 is 2.71 bits per heavy atom. The fourth-order valence-electron chi connectivity index (χ4n) is 4.17. The molecular weight excluding hydrogens is 374 g/mol. The number of pyridine rings is 1. The minimum absolute atomic E-state index is 0.248. The summed E-state index contributed by atoms with van der Waals surface area (Å²) < 4.78 is 6.91. The number of amides is 2. The molecule has 144 valence electrons. The third kappa shape index (κ3) is 3.29. The molecule has 2 amide bonds. The first-order chi connectivity index (χ1) is 13.7. The summed E-state index contributed by atoms with van der Waals surface area (Å²) in [6.07, 6.45) is 3.91. The van der Waals surface area contributed by atoms with Gasteiger partial charge in [0.25, 0.3) is 5.19 Å². The Balaban J connectivity index is 1.24. The number of aromatic nitrogens is 2. The van der Waals surface area contributed by atoms with Crippen LogP contribution < -0.4 is 10.5 Å². The predicted molar refractivity (Wildman–Crippen MR) is 107 cm³/mol. The second kappa shape index (κ2) is 7.03. The normalized spacial score (nSPS) is 21.9. The Morgan fingerprint density at radius 1 is 1.18 bits per heavy atom. The molecule has 2 bridgehead atoms. The van der Waals surface area contributed by atoms with Crippen molar-refractivity contribution < 1.29 is 9.53 Å². The molecule has 7 nitrogen and oxygen atoms in total. The smallest absolute Gasteiger partial charge is 0.315 e. The fourth-order valence-corrected chi connectivity index (χ4v) is 4.96. The number of piperazine rings is 1. The quantitative estimate of drug-likeness (QED) is 0.733. The maximum Gasteiger partial charge on any atom is 0.315 e. The molecule has 3 aliphatic rings. The standard InChI is InChI=1S/C20H21N5O2S/c21-19(26)25-12-14-5-6-15(25)11-24(14)10-13-3-7-16(8-4-13)27-20-23-18-17(28-20)2-1-9-22-18/h1-4,7-9,14-15H,5-6,10-12H2,(H2,21,26)/t14-,15-/m1/s1. The first-order valence-corrected chi connectivity index (χ1v) is 10.3. The van der Waals surface area contributed by atoms with Crippen molar-refractivity contribution in [2.45, 2.75) is 31.5 Å². The Kier molecular flexibility index (Phi) is 4.37. The highest BCUT2D eigenvalue weighted by Gasteiger charge is 2.40. The molecule has 1 aromatic carbocycles. The van der Waals surface area contributed by atoms with Crippen LogP contribution in [0.1, 0.15) is 18.4 Å². The van der Waals surface area contributed by atoms with Crippen LogP contribution in [0.15, 0.2) is 42.6 Å². The fraction of sp³-hybridized carbons (Fsp3) is 0.350. The first kappa shape index (κ1) is 17.4. The van der Waals surface area contributed by atoms with E-state index < -0.39 is 0 Å². The zero-order valence-corrected chi connectivity index (χ0v) is 16.1. The van der Waals surface area contributed by atoms with Gasteiger partial charge in [-0.2, -0.15) is 4.98 Å². The molecule has 3 aliphatic heterocycles. The van der Waals surface area contributed by atoms with Gasteiger partial charge in [0.2, 0.25) is 0 Å². The summed E-state index contributed by atoms with van der Waals surface area (Å²) in [6.45, 7) is 2.51. The number of ether oxygens (including phenoxy) is 1. The summed E-state index contributed by atoms with van der Waals surface area (Å²) in [5.74, 6) is 0.767. The Bertz CT molecular complexity index is 972. The van der Waals surface area contributed by atoms with E-state index in [1.165, 1.54) is 16.9 Å². The lowest BCUT2D eigenvalue weighted by Crippen LogP contribution is -2.64. The van der Waals surface area contributed by atoms with Gasteiger partial charge < -0.3 is 15.4 Å². The van der Waals surface area contributed by atoms with Gasteiger partial charge in [-0.3, -0.25) is 4.90 Å². The second-order valence-electron chi connectivity index (χ2n) is 7.36. The van der Waals surface area contributed by atoms with Crippen molar-refractivity contribution in [3.8, 4) is 10.9 Å². The number of carbonyl (C=O) groups is 1. The summed E-state index contributed by atoms with van der Waals surface area (Å²) in [5.41, 5.74) is 7.45. The van der Waals surface area contributed by atoms with Crippen molar-refractivity contribution >= 4 is 27.7 Å². The zero-order chi connectivity index (χ0) is 19.1. The molecule has 2 N–H and O–H groups in total. The van der Waals surface area contributed by atoms with Crippen molar-refractivity contribution in [3.05, 3.63) is 48.2 Å². The average Bonchev–Trinajstić information content (AvgIpc) is 3.12. The Morgan fingerprint density at radius 2 is 2.00 bits per heavy atom. The van der Waals surface area contributed by atoms with Crippen LogP contribution in [0.2, 0.25) is 0 Å². The minimum atomic E-state index is -0.291. The number of thiazole rings is 1. The molecule has 0 saturated carbocycles. The topological polar surface area (TPSA) is 84.6 Å². The monoisotopic (exact) mass is 395 g/mol. The molecule has 6 rings (SSSR count). The maximum absolute atomic E-state index is 11.6. The van der Waals surface area contributed by atoms with Crippen LogP contribution in [-0.4, -0.2) is 51.0 Å². The van der Waals surface area contributed by atoms with Gasteiger partial charge >= 0.3 is 6.03 Å². The summed E-state index contributed by atoms with van der Waals surface area (Å²) in [7, 11) is 0. The van der Waals surface area contributed by atoms with Crippen LogP contribution in [0.25, 0.3) is 10.3 Å². The molecule has 0 unspecified atom stereocenters. The number of piperidine rings is 2. The molecule has 3 saturated heterocycles. The minimum Gasteiger partial charge on any atom is -0.431 e. The van der Waals surface area contributed by atoms with Gasteiger partial charge in [0, 0.05) is 37.9 Å². The Labute approximate surface area is 166 Å². The number of fused-ring (bicyclic) bond motifs is 4. The summed E-state index contributed by atoms with van der Waals surface area (Å²) in [4.78, 5) is 24.5. The van der Waals surface area contributed by atoms with E-state index in [0.717, 1.165) is 42.9 Å². The van der Waals surface area contributed by atoms with Gasteiger partial charge in [-0.25, -0.2) is 9.78 Å². The summed E-state index contributed by atoms with van der Waals surface area (Å²) >= 11 is 1.49. The third-order valence-corrected chi connectivity index (χ3v) is 6.47. The number of hydrogen-bond donors (Lipinski definition) is 1. The molecule has 3 aromatic rings. The van der Waals surface area contributed by atoms with Gasteiger partial charge in [0.15, 0.2) is 5.65 Å². The van der Waals surface area contributed by atoms with E-state index in [9.17, 15) is 4.79 Å². The molecular formula is C20H21N5O2S. The molecule has 0 aliphatic carbocycles. The Hall–Kier alpha value is -2.71. The van der Waals surface area contributed by atoms with Gasteiger partial charge in [0.05, 0.1) is 4.70 Å². The number of benzene rings is 1. The number of rotatable bonds is 4. The van der Waals surface area contributed by atoms with E-state index >= 15 is 0 Å². The van der Waals surface area contributed by atoms with E-state index in [1.54, 1.807) is 6.20 Å². The number of nitrogens with zero attached hydrogens (tertiary/aromatic N) is 4. The average molecular weight is 395 g/mol. The van der Waals surface area contributed by atoms with E-state index in [1.807, 2.05) is 29.2 Å². The lowest BCUT2D eigenvalue weighted by atomic mass is 9.90. The molecule has 28 heavy (non-hydrogen) atoms. The molecule has 3 fully saturated rings. The molecule has 5 heterocycles. The number of urea groups is 1. The molecule has 0 radical (unpaired) electrons. The van der Waals surface area contributed by atoms with E-state index in [-0.39, 0.29) is 12.1 Å². The predicted octanol–water partition coefficient (Wildman–Crippen LogP) is 3.21. The maximum atomic E-state index is 11.6. The third-order valence-electron chi connectivity index (χ3n) is 5.59. The molecule has 2 atom stereocenters. The second-order valence-corrected chi connectivity index (χ2v) is 8.35. The van der Waals surface area contributed by atoms with Gasteiger partial charge in [-0.05, 0) is 42.7 Å². The summed E-state index contributed by atoms with van der Waals surface area (Å²) in [5, 5.41) is 0.598. The van der Waals surface area contributed by atoms with Crippen LogP contribution >= 0.6 is 11.3 Å². The van der Waals surface area contributed by atoms with E-state index in [4.69, 9.17) is 10.5 Å². The number of primary amides is 1. The van der Waals surface area contributed by atoms with Crippen molar-refractivity contribution in [2.75, 3.05) is 13.1 Å². The van der Waals surface area contributed by atoms with Gasteiger partial charge in [-0.1, -0.05) is 23.5 Å². The van der Waals surface area contributed by atoms with Crippen LogP contribution in [0.3, 0.4) is 0 Å². The van der Waals surface area contributed by atoms with Crippen LogP contribution in [-0.2, 0) is 6.54 Å². The number of carbonyl (C=O) groups excluding carboxylic acids is 1. The zero-order valence-electron chi connectivity index (χ0n) is 15.3. The van der Waals surface area contributed by atoms with Crippen molar-refractivity contribution in [1.29, 1.82) is 0 Å². The van der Waals surface area contributed by atoms with Crippen molar-refractivity contribution in [2.24, 2.45) is 5.73 Å². The molecule has 2 aromatic heterocycles. The number of nitrogens with two attached hydrogens (primary N) is 1. The lowest BCUT2D eigenvalue weighted by molar-refractivity contribution is -0.000985. The van der Waals surface area contributed by atoms with Crippen LogP contribution in [0, 0.1) is 0 Å². The molecule has 0 spiro atoms. The van der Waals surface area contributed by atoms with Gasteiger partial charge in [-0.15, -0.1) is 0 Å². The highest BCUT2D eigenvalue weighted by molar-refractivity contribution is 7.20. The SMILES string of the molecule is NC(=O)N1C[C@H]2CC[C@@H]1CN2Cc1ccc(Oc2nc3ncccc3s2)cc1. The van der Waals surface area contributed by atoms with E-state index in [0.29, 0.717) is 16.9 Å². The van der Waals surface area contributed by atoms with Gasteiger partial charge in [0.1, 0.15) is 5.75 Å². The highest BCUT2D eigenvalue weighted by atomic mass is 32.1. The number of hydrogen-bond acceptors (Lipinski definition) is 6. The summed E-state index contributed by atoms with van der Waals surface area (Å²) in [6, 6.07) is 12.4. The van der Waals surface area contributed by atoms with Crippen molar-refractivity contribution in [3.63, 3.8) is 0 Å². The van der Waals surface area contributed by atoms with Crippen LogP contribution in [0.4, 0.5) is 4.79 Å². The van der Waals surface area contributed by atoms with Crippen molar-refractivity contribution in [1.82, 2.24) is 19.8 Å². The lowest BCUT2D eigenvalue weighted by Gasteiger charge is -2.51.